The van der Waals surface area contributed by atoms with Crippen molar-refractivity contribution in [3.8, 4) is 0 Å². The fourth-order valence-electron chi connectivity index (χ4n) is 2.10. The number of fused-ring (bicyclic) bond motifs is 3. The van der Waals surface area contributed by atoms with Crippen LogP contribution in [0.4, 0.5) is 0 Å². The second-order valence-electron chi connectivity index (χ2n) is 4.76. The van der Waals surface area contributed by atoms with E-state index >= 15 is 0 Å². The van der Waals surface area contributed by atoms with Crippen molar-refractivity contribution in [2.75, 3.05) is 19.8 Å². The fraction of sp³-hybridized carbons (Fsp3) is 0.500. The Bertz CT molecular complexity index is 409. The van der Waals surface area contributed by atoms with Gasteiger partial charge in [0.2, 0.25) is 0 Å². The van der Waals surface area contributed by atoms with Gasteiger partial charge in [0, 0.05) is 36.5 Å². The van der Waals surface area contributed by atoms with Gasteiger partial charge in [-0.2, -0.15) is 0 Å². The topological polar surface area (TPSA) is 40.6 Å². The van der Waals surface area contributed by atoms with Gasteiger partial charge in [-0.25, -0.2) is 0 Å². The minimum absolute atomic E-state index is 0. The molecule has 0 atom stereocenters. The van der Waals surface area contributed by atoms with Crippen LogP contribution in [0.1, 0.15) is 6.92 Å². The van der Waals surface area contributed by atoms with Gasteiger partial charge in [-0.1, -0.05) is 18.5 Å². The Morgan fingerprint density at radius 1 is 1.29 bits per heavy atom. The Labute approximate surface area is 117 Å². The summed E-state index contributed by atoms with van der Waals surface area (Å²) in [6, 6.07) is 3.53. The summed E-state index contributed by atoms with van der Waals surface area (Å²) in [5, 5.41) is 0.521. The molecule has 0 saturated carbocycles. The van der Waals surface area contributed by atoms with E-state index in [0.29, 0.717) is 30.4 Å². The van der Waals surface area contributed by atoms with E-state index in [-0.39, 0.29) is 24.3 Å². The van der Waals surface area contributed by atoms with Crippen molar-refractivity contribution in [2.45, 2.75) is 6.92 Å². The molecule has 1 aromatic heterocycles. The maximum atomic E-state index is 6.09. The van der Waals surface area contributed by atoms with E-state index in [1.165, 1.54) is 0 Å². The molecule has 0 spiro atoms. The molecule has 4 nitrogen and oxygen atoms in total. The van der Waals surface area contributed by atoms with Crippen molar-refractivity contribution in [3.63, 3.8) is 0 Å². The molecular weight excluding hydrogens is 235 g/mol. The number of halogens is 1. The quantitative estimate of drug-likeness (QED) is 0.537. The van der Waals surface area contributed by atoms with Gasteiger partial charge in [-0.15, -0.1) is 0 Å². The molecule has 0 N–H and O–H groups in total. The first kappa shape index (κ1) is 13.4. The van der Waals surface area contributed by atoms with Gasteiger partial charge < -0.3 is 14.0 Å². The first-order valence-electron chi connectivity index (χ1n) is 5.30. The minimum atomic E-state index is -1.92. The summed E-state index contributed by atoms with van der Waals surface area (Å²) in [6.45, 7) is 2.03. The maximum Gasteiger partial charge on any atom is 1.00 e. The van der Waals surface area contributed by atoms with E-state index in [1.54, 1.807) is 18.3 Å². The Morgan fingerprint density at radius 2 is 1.88 bits per heavy atom. The molecule has 0 aliphatic carbocycles. The molecule has 86 valence electrons. The molecule has 2 bridgehead atoms. The Kier molecular flexibility index (Phi) is 3.62. The summed E-state index contributed by atoms with van der Waals surface area (Å²) >= 11 is 6.09. The first-order valence-corrected chi connectivity index (χ1v) is 5.68. The van der Waals surface area contributed by atoms with Crippen molar-refractivity contribution >= 4 is 23.9 Å². The van der Waals surface area contributed by atoms with Gasteiger partial charge in [0.25, 0.3) is 0 Å². The van der Waals surface area contributed by atoms with Crippen molar-refractivity contribution in [3.05, 3.63) is 23.4 Å². The molecule has 1 aromatic rings. The SMILES string of the molecule is CC12CO[B-](c3ncccc3Cl)(OC1)OC2.[Li+]. The number of nitrogens with zero attached hydrogens (tertiary/aromatic N) is 1. The van der Waals surface area contributed by atoms with Crippen LogP contribution < -0.4 is 24.5 Å². The summed E-state index contributed by atoms with van der Waals surface area (Å²) in [5.41, 5.74) is 0.524. The van der Waals surface area contributed by atoms with Crippen LogP contribution in [-0.2, 0) is 14.0 Å². The number of rotatable bonds is 1. The summed E-state index contributed by atoms with van der Waals surface area (Å²) in [4.78, 5) is 4.21. The largest absolute Gasteiger partial charge is 1.00 e. The normalized spacial score (nSPS) is 35.4. The van der Waals surface area contributed by atoms with Gasteiger partial charge in [-0.05, 0) is 17.7 Å². The van der Waals surface area contributed by atoms with Crippen molar-refractivity contribution < 1.29 is 32.8 Å². The summed E-state index contributed by atoms with van der Waals surface area (Å²) in [6.07, 6.45) is 1.66. The monoisotopic (exact) mass is 247 g/mol. The van der Waals surface area contributed by atoms with Crippen molar-refractivity contribution in [2.24, 2.45) is 5.41 Å². The molecule has 3 fully saturated rings. The Hall–Kier alpha value is -0.0177. The van der Waals surface area contributed by atoms with Crippen LogP contribution in [0.25, 0.3) is 0 Å². The number of hydrogen-bond donors (Lipinski definition) is 0. The Morgan fingerprint density at radius 3 is 2.41 bits per heavy atom. The first-order chi connectivity index (χ1) is 7.64. The van der Waals surface area contributed by atoms with E-state index in [2.05, 4.69) is 11.9 Å². The average molecular weight is 247 g/mol. The molecule has 7 heteroatoms. The third-order valence-corrected chi connectivity index (χ3v) is 3.40. The van der Waals surface area contributed by atoms with Crippen LogP contribution >= 0.6 is 11.6 Å². The van der Waals surface area contributed by atoms with Gasteiger partial charge in [0.05, 0.1) is 0 Å². The number of pyridine rings is 1. The van der Waals surface area contributed by atoms with Gasteiger partial charge in [-0.3, -0.25) is 4.98 Å². The predicted octanol–water partition coefficient (Wildman–Crippen LogP) is -2.03. The fourth-order valence-corrected chi connectivity index (χ4v) is 2.35. The summed E-state index contributed by atoms with van der Waals surface area (Å²) in [5.74, 6) is 0. The molecule has 17 heavy (non-hydrogen) atoms. The molecule has 4 heterocycles. The third kappa shape index (κ3) is 2.17. The van der Waals surface area contributed by atoms with Gasteiger partial charge in [0.1, 0.15) is 0 Å². The third-order valence-electron chi connectivity index (χ3n) is 3.08. The standard InChI is InChI=1S/C10H12BClNO3.Li/c1-10-5-14-11(15-6-10,16-7-10)9-8(12)3-2-4-13-9;/h2-4H,5-7H2,1H3;/q-1;+1. The summed E-state index contributed by atoms with van der Waals surface area (Å²) < 4.78 is 17.1. The van der Waals surface area contributed by atoms with E-state index in [9.17, 15) is 0 Å². The zero-order valence-corrected chi connectivity index (χ0v) is 10.7. The second-order valence-corrected chi connectivity index (χ2v) is 5.16. The van der Waals surface area contributed by atoms with Crippen LogP contribution in [0.2, 0.25) is 5.02 Å². The van der Waals surface area contributed by atoms with Crippen LogP contribution in [-0.4, -0.2) is 31.6 Å². The molecule has 0 unspecified atom stereocenters. The molecule has 3 aliphatic rings. The van der Waals surface area contributed by atoms with Crippen molar-refractivity contribution in [1.29, 1.82) is 0 Å². The number of hydrogen-bond acceptors (Lipinski definition) is 4. The van der Waals surface area contributed by atoms with Gasteiger partial charge in [0.15, 0.2) is 0 Å². The summed E-state index contributed by atoms with van der Waals surface area (Å²) in [7, 11) is 0. The number of aromatic nitrogens is 1. The Balaban J connectivity index is 0.00000108. The second kappa shape index (κ2) is 4.58. The molecule has 0 amide bonds. The van der Waals surface area contributed by atoms with Crippen molar-refractivity contribution in [1.82, 2.24) is 4.98 Å². The van der Waals surface area contributed by atoms with Crippen LogP contribution in [0.15, 0.2) is 18.3 Å². The van der Waals surface area contributed by atoms with E-state index < -0.39 is 6.75 Å². The van der Waals surface area contributed by atoms with Crippen LogP contribution in [0.3, 0.4) is 0 Å². The van der Waals surface area contributed by atoms with Gasteiger partial charge >= 0.3 is 25.6 Å². The molecule has 3 saturated heterocycles. The zero-order chi connectivity index (χ0) is 11.2. The minimum Gasteiger partial charge on any atom is -0.539 e. The molecular formula is C10H12BClLiNO3. The maximum absolute atomic E-state index is 6.09. The zero-order valence-electron chi connectivity index (χ0n) is 9.98. The van der Waals surface area contributed by atoms with Crippen LogP contribution in [0, 0.1) is 5.41 Å². The van der Waals surface area contributed by atoms with E-state index in [0.717, 1.165) is 0 Å². The molecule has 4 rings (SSSR count). The molecule has 3 aliphatic heterocycles. The molecule has 0 aromatic carbocycles. The molecule has 0 radical (unpaired) electrons. The van der Waals surface area contributed by atoms with Crippen LogP contribution in [0.5, 0.6) is 0 Å². The smallest absolute Gasteiger partial charge is 0.539 e. The van der Waals surface area contributed by atoms with E-state index in [1.807, 2.05) is 0 Å². The average Bonchev–Trinajstić information content (AvgIpc) is 2.31. The van der Waals surface area contributed by atoms with E-state index in [4.69, 9.17) is 25.6 Å². The predicted molar refractivity (Wildman–Crippen MR) is 60.6 cm³/mol.